The second-order valence-corrected chi connectivity index (χ2v) is 5.47. The first-order valence-electron chi connectivity index (χ1n) is 5.71. The van der Waals surface area contributed by atoms with Crippen LogP contribution in [0.15, 0.2) is 0 Å². The van der Waals surface area contributed by atoms with Crippen LogP contribution in [0.3, 0.4) is 0 Å². The molecule has 15 heavy (non-hydrogen) atoms. The van der Waals surface area contributed by atoms with Gasteiger partial charge in [0.1, 0.15) is 6.73 Å². The summed E-state index contributed by atoms with van der Waals surface area (Å²) < 4.78 is 5.24. The van der Waals surface area contributed by atoms with E-state index in [0.29, 0.717) is 13.3 Å². The Hall–Kier alpha value is -0.570. The summed E-state index contributed by atoms with van der Waals surface area (Å²) in [4.78, 5) is 11.8. The normalized spacial score (nSPS) is 22.5. The number of carbonyl (C=O) groups is 1. The standard InChI is InChI=1S/C12H23NO2/c1-6-7-15-8-13-10(14)9-11(2,3)12(9,4)5/h9H,6-8H2,1-5H3,(H,13,14). The molecule has 1 rings (SSSR count). The van der Waals surface area contributed by atoms with Gasteiger partial charge in [-0.2, -0.15) is 0 Å². The van der Waals surface area contributed by atoms with Crippen molar-refractivity contribution in [3.63, 3.8) is 0 Å². The number of ether oxygens (including phenoxy) is 1. The van der Waals surface area contributed by atoms with Crippen molar-refractivity contribution in [1.29, 1.82) is 0 Å². The number of hydrogen-bond acceptors (Lipinski definition) is 2. The molecule has 0 aromatic rings. The van der Waals surface area contributed by atoms with Gasteiger partial charge >= 0.3 is 0 Å². The lowest BCUT2D eigenvalue weighted by Gasteiger charge is -2.06. The zero-order valence-corrected chi connectivity index (χ0v) is 10.5. The van der Waals surface area contributed by atoms with Crippen LogP contribution >= 0.6 is 0 Å². The molecule has 0 atom stereocenters. The first-order chi connectivity index (χ1) is 6.85. The number of carbonyl (C=O) groups excluding carboxylic acids is 1. The maximum Gasteiger partial charge on any atom is 0.226 e. The smallest absolute Gasteiger partial charge is 0.226 e. The number of hydrogen-bond donors (Lipinski definition) is 1. The molecule has 0 bridgehead atoms. The molecular formula is C12H23NO2. The molecule has 0 spiro atoms. The Balaban J connectivity index is 2.32. The van der Waals surface area contributed by atoms with Gasteiger partial charge in [-0.05, 0) is 17.3 Å². The van der Waals surface area contributed by atoms with E-state index in [9.17, 15) is 4.79 Å². The van der Waals surface area contributed by atoms with Crippen molar-refractivity contribution < 1.29 is 9.53 Å². The predicted molar refractivity (Wildman–Crippen MR) is 60.3 cm³/mol. The van der Waals surface area contributed by atoms with Crippen molar-refractivity contribution in [2.75, 3.05) is 13.3 Å². The molecule has 0 radical (unpaired) electrons. The highest BCUT2D eigenvalue weighted by atomic mass is 16.5. The molecule has 3 nitrogen and oxygen atoms in total. The van der Waals surface area contributed by atoms with Crippen LogP contribution in [0.25, 0.3) is 0 Å². The summed E-state index contributed by atoms with van der Waals surface area (Å²) >= 11 is 0. The molecule has 1 aliphatic rings. The fourth-order valence-corrected chi connectivity index (χ4v) is 2.29. The molecule has 1 N–H and O–H groups in total. The summed E-state index contributed by atoms with van der Waals surface area (Å²) in [6.45, 7) is 11.7. The predicted octanol–water partition coefficient (Wildman–Crippen LogP) is 2.17. The average molecular weight is 213 g/mol. The first-order valence-corrected chi connectivity index (χ1v) is 5.71. The summed E-state index contributed by atoms with van der Waals surface area (Å²) in [5.41, 5.74) is 0.226. The quantitative estimate of drug-likeness (QED) is 0.561. The van der Waals surface area contributed by atoms with E-state index < -0.39 is 0 Å². The molecule has 0 aliphatic heterocycles. The van der Waals surface area contributed by atoms with Crippen molar-refractivity contribution in [1.82, 2.24) is 5.32 Å². The minimum Gasteiger partial charge on any atom is -0.361 e. The molecule has 0 aromatic carbocycles. The van der Waals surface area contributed by atoms with Gasteiger partial charge < -0.3 is 10.1 Å². The highest BCUT2D eigenvalue weighted by Crippen LogP contribution is 2.68. The molecule has 1 aliphatic carbocycles. The van der Waals surface area contributed by atoms with Gasteiger partial charge in [-0.1, -0.05) is 34.6 Å². The van der Waals surface area contributed by atoms with E-state index in [0.717, 1.165) is 6.42 Å². The lowest BCUT2D eigenvalue weighted by atomic mass is 10.0. The van der Waals surface area contributed by atoms with Crippen LogP contribution in [0.2, 0.25) is 0 Å². The van der Waals surface area contributed by atoms with Gasteiger partial charge in [0.2, 0.25) is 5.91 Å². The summed E-state index contributed by atoms with van der Waals surface area (Å²) in [6.07, 6.45) is 0.982. The third-order valence-corrected chi connectivity index (χ3v) is 3.98. The Morgan fingerprint density at radius 2 is 1.80 bits per heavy atom. The first kappa shape index (κ1) is 12.5. The summed E-state index contributed by atoms with van der Waals surface area (Å²) in [5.74, 6) is 0.247. The summed E-state index contributed by atoms with van der Waals surface area (Å²) in [6, 6.07) is 0. The van der Waals surface area contributed by atoms with E-state index in [1.54, 1.807) is 0 Å². The second kappa shape index (κ2) is 4.12. The molecular weight excluding hydrogens is 190 g/mol. The Labute approximate surface area is 92.6 Å². The monoisotopic (exact) mass is 213 g/mol. The highest BCUT2D eigenvalue weighted by Gasteiger charge is 2.68. The SMILES string of the molecule is CCCOCNC(=O)C1C(C)(C)C1(C)C. The number of amides is 1. The van der Waals surface area contributed by atoms with Gasteiger partial charge in [0.25, 0.3) is 0 Å². The minimum atomic E-state index is 0.113. The van der Waals surface area contributed by atoms with Crippen LogP contribution in [-0.4, -0.2) is 19.2 Å². The van der Waals surface area contributed by atoms with Crippen molar-refractivity contribution >= 4 is 5.91 Å². The largest absolute Gasteiger partial charge is 0.361 e. The van der Waals surface area contributed by atoms with Crippen LogP contribution in [0, 0.1) is 16.7 Å². The highest BCUT2D eigenvalue weighted by molar-refractivity contribution is 5.83. The van der Waals surface area contributed by atoms with E-state index in [-0.39, 0.29) is 22.7 Å². The van der Waals surface area contributed by atoms with E-state index in [4.69, 9.17) is 4.74 Å². The van der Waals surface area contributed by atoms with Crippen molar-refractivity contribution in [3.05, 3.63) is 0 Å². The van der Waals surface area contributed by atoms with Crippen molar-refractivity contribution in [2.45, 2.75) is 41.0 Å². The molecule has 0 saturated heterocycles. The third kappa shape index (κ3) is 2.17. The lowest BCUT2D eigenvalue weighted by molar-refractivity contribution is -0.125. The van der Waals surface area contributed by atoms with Gasteiger partial charge in [0.15, 0.2) is 0 Å². The zero-order valence-electron chi connectivity index (χ0n) is 10.5. The maximum atomic E-state index is 11.8. The average Bonchev–Trinajstić information content (AvgIpc) is 2.51. The Morgan fingerprint density at radius 1 is 1.27 bits per heavy atom. The maximum absolute atomic E-state index is 11.8. The van der Waals surface area contributed by atoms with Gasteiger partial charge in [-0.15, -0.1) is 0 Å². The van der Waals surface area contributed by atoms with Crippen molar-refractivity contribution in [3.8, 4) is 0 Å². The molecule has 1 fully saturated rings. The fraction of sp³-hybridized carbons (Fsp3) is 0.917. The molecule has 1 saturated carbocycles. The lowest BCUT2D eigenvalue weighted by Crippen LogP contribution is -2.29. The van der Waals surface area contributed by atoms with Crippen LogP contribution in [0.1, 0.15) is 41.0 Å². The van der Waals surface area contributed by atoms with Gasteiger partial charge in [0.05, 0.1) is 0 Å². The second-order valence-electron chi connectivity index (χ2n) is 5.47. The third-order valence-electron chi connectivity index (χ3n) is 3.98. The summed E-state index contributed by atoms with van der Waals surface area (Å²) in [7, 11) is 0. The minimum absolute atomic E-state index is 0.113. The molecule has 0 heterocycles. The van der Waals surface area contributed by atoms with Crippen LogP contribution in [0.5, 0.6) is 0 Å². The van der Waals surface area contributed by atoms with E-state index in [1.807, 2.05) is 0 Å². The zero-order chi connectivity index (χ0) is 11.7. The van der Waals surface area contributed by atoms with Crippen LogP contribution in [-0.2, 0) is 9.53 Å². The van der Waals surface area contributed by atoms with E-state index >= 15 is 0 Å². The Bertz CT molecular complexity index is 232. The Kier molecular flexibility index (Phi) is 3.44. The fourth-order valence-electron chi connectivity index (χ4n) is 2.29. The van der Waals surface area contributed by atoms with E-state index in [1.165, 1.54) is 0 Å². The topological polar surface area (TPSA) is 38.3 Å². The molecule has 0 aromatic heterocycles. The van der Waals surface area contributed by atoms with E-state index in [2.05, 4.69) is 39.9 Å². The number of nitrogens with one attached hydrogen (secondary N) is 1. The van der Waals surface area contributed by atoms with Crippen LogP contribution < -0.4 is 5.32 Å². The van der Waals surface area contributed by atoms with Gasteiger partial charge in [-0.3, -0.25) is 4.79 Å². The Morgan fingerprint density at radius 3 is 2.20 bits per heavy atom. The van der Waals surface area contributed by atoms with Crippen molar-refractivity contribution in [2.24, 2.45) is 16.7 Å². The molecule has 88 valence electrons. The van der Waals surface area contributed by atoms with Crippen LogP contribution in [0.4, 0.5) is 0 Å². The molecule has 0 unspecified atom stereocenters. The molecule has 1 amide bonds. The number of rotatable bonds is 5. The van der Waals surface area contributed by atoms with Gasteiger partial charge in [-0.25, -0.2) is 0 Å². The molecule has 3 heteroatoms. The van der Waals surface area contributed by atoms with Gasteiger partial charge in [0, 0.05) is 12.5 Å². The summed E-state index contributed by atoms with van der Waals surface area (Å²) in [5, 5.41) is 2.83.